The number of hydrogen-bond acceptors (Lipinski definition) is 12. The molecule has 98 heavy (non-hydrogen) atoms. The number of aliphatic hydroxyl groups excluding tert-OH is 2. The molecule has 0 saturated heterocycles. The summed E-state index contributed by atoms with van der Waals surface area (Å²) in [6, 6.07) is 41.4. The summed E-state index contributed by atoms with van der Waals surface area (Å²) in [5.41, 5.74) is 22.8. The zero-order chi connectivity index (χ0) is 70.0. The van der Waals surface area contributed by atoms with Gasteiger partial charge in [0.25, 0.3) is 0 Å². The fourth-order valence-electron chi connectivity index (χ4n) is 17.6. The van der Waals surface area contributed by atoms with Crippen LogP contribution in [0.15, 0.2) is 167 Å². The Morgan fingerprint density at radius 1 is 0.612 bits per heavy atom. The molecule has 8 aliphatic carbocycles. The summed E-state index contributed by atoms with van der Waals surface area (Å²) in [6.07, 6.45) is 17.6. The van der Waals surface area contributed by atoms with Crippen LogP contribution in [0.1, 0.15) is 151 Å². The molecule has 5 heterocycles. The van der Waals surface area contributed by atoms with Crippen molar-refractivity contribution >= 4 is 11.6 Å². The fraction of sp³-hybridized carbons (Fsp3) is 0.388. The van der Waals surface area contributed by atoms with Crippen molar-refractivity contribution < 1.29 is 30.9 Å². The molecule has 0 spiro atoms. The van der Waals surface area contributed by atoms with Crippen molar-refractivity contribution in [3.05, 3.63) is 242 Å². The van der Waals surface area contributed by atoms with Crippen LogP contribution < -0.4 is 5.48 Å². The lowest BCUT2D eigenvalue weighted by Crippen LogP contribution is -2.43. The van der Waals surface area contributed by atoms with Crippen molar-refractivity contribution in [3.63, 3.8) is 0 Å². The summed E-state index contributed by atoms with van der Waals surface area (Å²) in [5.74, 6) is 2.94. The first-order valence-corrected chi connectivity index (χ1v) is 33.9. The molecule has 8 atom stereocenters. The van der Waals surface area contributed by atoms with Crippen molar-refractivity contribution in [2.24, 2.45) is 37.8 Å². The van der Waals surface area contributed by atoms with E-state index in [1.165, 1.54) is 71.2 Å². The Balaban J connectivity index is 0.000000123. The van der Waals surface area contributed by atoms with Crippen LogP contribution in [0.2, 0.25) is 0 Å². The number of fused-ring (bicyclic) bond motifs is 13. The molecule has 9 aromatic rings. The van der Waals surface area contributed by atoms with Gasteiger partial charge in [-0.3, -0.25) is 24.4 Å². The van der Waals surface area contributed by atoms with Crippen molar-refractivity contribution in [1.29, 1.82) is 0 Å². The zero-order valence-corrected chi connectivity index (χ0v) is 57.3. The van der Waals surface area contributed by atoms with Gasteiger partial charge in [-0.1, -0.05) is 168 Å². The van der Waals surface area contributed by atoms with E-state index in [9.17, 15) is 19.8 Å². The lowest BCUT2D eigenvalue weighted by atomic mass is 9.59. The highest BCUT2D eigenvalue weighted by Gasteiger charge is 2.51. The SMILES string of the molecule is CNO.C[C@]12C/C(=C/O)C(=O)C[C@@H]1CCc1c(-c3ccccc3)n[nH]c12.C[C@]12Cc3cnoc3C[C@@H]1CCc1c(-c3ccccc3)n[nH]c12.[3H]C.[C-]#[N+]C1=C(O)C[C@@H]2CCc3c(nn(C)c3-c3ccccc3)[C@@]2(C)C1.[C-]#[N+]C1=C[C@]2(C)c3nn(C)c(-c4ccccc4)c3CC[C@H]2CC1=O. The maximum Gasteiger partial charge on any atom is 0.226 e. The molecule has 8 aliphatic rings. The minimum atomic E-state index is -0.327. The van der Waals surface area contributed by atoms with Crippen LogP contribution in [0.5, 0.6) is 0 Å². The summed E-state index contributed by atoms with van der Waals surface area (Å²) in [7, 11) is 6.66. The number of aromatic amines is 2. The van der Waals surface area contributed by atoms with E-state index < -0.39 is 0 Å². The van der Waals surface area contributed by atoms with Gasteiger partial charge < -0.3 is 24.7 Å². The van der Waals surface area contributed by atoms with Crippen LogP contribution in [0.4, 0.5) is 0 Å². The normalized spacial score (nSPS) is 25.5. The number of carbonyl (C=O) groups is 2. The van der Waals surface area contributed by atoms with Gasteiger partial charge in [-0.15, -0.1) is 0 Å². The molecule has 1 fully saturated rings. The number of H-pyrrole nitrogens is 2. The molecule has 0 radical (unpaired) electrons. The molecule has 18 heteroatoms. The molecular weight excluding hydrogens is 1220 g/mol. The Kier molecular flexibility index (Phi) is 18.7. The van der Waals surface area contributed by atoms with Crippen molar-refractivity contribution in [3.8, 4) is 45.0 Å². The minimum absolute atomic E-state index is 0.0184. The number of carbonyl (C=O) groups excluding carboxylic acids is 2. The molecule has 18 nitrogen and oxygen atoms in total. The Bertz CT molecular complexity index is 4630. The molecule has 1 saturated carbocycles. The second-order valence-corrected chi connectivity index (χ2v) is 28.4. The van der Waals surface area contributed by atoms with Crippen LogP contribution in [0, 0.1) is 36.8 Å². The predicted molar refractivity (Wildman–Crippen MR) is 378 cm³/mol. The lowest BCUT2D eigenvalue weighted by Gasteiger charge is -2.44. The molecule has 6 N–H and O–H groups in total. The van der Waals surface area contributed by atoms with Crippen LogP contribution in [0.25, 0.3) is 54.7 Å². The summed E-state index contributed by atoms with van der Waals surface area (Å²) in [6.45, 7) is 23.6. The standard InChI is InChI=1S/C20H21N3O.C20H19N3O.C19H19N3O.C19H20N2O2.CH5NO.CH4/c2*1-20-12-16(21-2)17(24)11-14(20)9-10-15-18(23(3)22-19(15)20)13-7-5-4-6-8-13;1-19-10-13-11-20-23-16(13)9-14(19)7-8-15-17(21-22-18(15)19)12-5-3-2-4-6-12;1-19-10-13(11-22)16(23)9-14(19)7-8-15-17(20-21-18(15)19)12-5-3-2-4-6-12;1-2-3;/h4-8,14,24H,9-12H2,1,3H3;4-8,12,14H,9-11H2,1,3H3;2-6,11,14H,7-10H2,1H3,(H,21,22);2-6,11,14,22H,7-10H2,1H3,(H,20,21);2-3H,1H3;1H4/b;;;13-11-;;/t2*14-,20-;2*14-,19-;;/m0000../s1/i;;;;;1T. The van der Waals surface area contributed by atoms with Crippen molar-refractivity contribution in [2.75, 3.05) is 7.05 Å². The number of nitrogens with zero attached hydrogens (tertiary/aromatic N) is 9. The molecule has 0 amide bonds. The molecular formula is C80H88N12O6. The number of ketones is 2. The quantitative estimate of drug-likeness (QED) is 0.0418. The van der Waals surface area contributed by atoms with Gasteiger partial charge in [-0.2, -0.15) is 20.4 Å². The first-order valence-electron chi connectivity index (χ1n) is 34.9. The van der Waals surface area contributed by atoms with Crippen LogP contribution in [0.3, 0.4) is 0 Å². The molecule has 504 valence electrons. The molecule has 0 bridgehead atoms. The number of aliphatic hydroxyl groups is 2. The smallest absolute Gasteiger partial charge is 0.226 e. The van der Waals surface area contributed by atoms with E-state index >= 15 is 0 Å². The number of hydrogen-bond donors (Lipinski definition) is 6. The van der Waals surface area contributed by atoms with E-state index in [-0.39, 0.29) is 50.6 Å². The molecule has 17 rings (SSSR count). The first-order chi connectivity index (χ1) is 47.9. The average molecular weight is 1320 g/mol. The summed E-state index contributed by atoms with van der Waals surface area (Å²) < 4.78 is 15.1. The van der Waals surface area contributed by atoms with Gasteiger partial charge in [0.2, 0.25) is 11.4 Å². The van der Waals surface area contributed by atoms with Gasteiger partial charge in [0.15, 0.2) is 11.6 Å². The van der Waals surface area contributed by atoms with Crippen LogP contribution >= 0.6 is 0 Å². The van der Waals surface area contributed by atoms with Gasteiger partial charge in [-0.05, 0) is 101 Å². The average Bonchev–Trinajstić information content (AvgIpc) is 1.69. The second-order valence-electron chi connectivity index (χ2n) is 28.4. The molecule has 4 aromatic carbocycles. The summed E-state index contributed by atoms with van der Waals surface area (Å²) >= 11 is 0. The third-order valence-corrected chi connectivity index (χ3v) is 22.9. The van der Waals surface area contributed by atoms with E-state index in [4.69, 9.17) is 34.4 Å². The molecule has 0 aliphatic heterocycles. The largest absolute Gasteiger partial charge is 0.524 e. The Morgan fingerprint density at radius 2 is 1.06 bits per heavy atom. The minimum Gasteiger partial charge on any atom is -0.524 e. The summed E-state index contributed by atoms with van der Waals surface area (Å²) in [4.78, 5) is 31.2. The molecule has 0 unspecified atom stereocenters. The van der Waals surface area contributed by atoms with Crippen LogP contribution in [-0.4, -0.2) is 79.1 Å². The number of aromatic nitrogens is 9. The van der Waals surface area contributed by atoms with E-state index in [1.54, 1.807) is 5.48 Å². The number of benzene rings is 4. The van der Waals surface area contributed by atoms with E-state index in [0.717, 1.165) is 115 Å². The number of allylic oxidation sites excluding steroid dienone is 5. The van der Waals surface area contributed by atoms with Gasteiger partial charge in [0, 0.05) is 130 Å². The number of nitrogens with one attached hydrogen (secondary N) is 3. The lowest BCUT2D eigenvalue weighted by molar-refractivity contribution is -0.119. The maximum atomic E-state index is 12.1. The third kappa shape index (κ3) is 11.9. The topological polar surface area (TPSA) is 235 Å². The fourth-order valence-corrected chi connectivity index (χ4v) is 17.6. The Hall–Kier alpha value is -10.0. The Labute approximate surface area is 575 Å². The maximum absolute atomic E-state index is 12.1. The van der Waals surface area contributed by atoms with Crippen molar-refractivity contribution in [1.82, 2.24) is 50.6 Å². The predicted octanol–water partition coefficient (Wildman–Crippen LogP) is 15.7. The second kappa shape index (κ2) is 27.5. The zero-order valence-electron chi connectivity index (χ0n) is 58.3. The summed E-state index contributed by atoms with van der Waals surface area (Å²) in [5, 5.41) is 56.5. The van der Waals surface area contributed by atoms with Gasteiger partial charge in [-0.25, -0.2) is 15.2 Å². The highest BCUT2D eigenvalue weighted by molar-refractivity contribution is 5.99. The highest BCUT2D eigenvalue weighted by atomic mass is 16.5. The number of rotatable bonds is 4. The van der Waals surface area contributed by atoms with Crippen LogP contribution in [-0.2, 0) is 83.9 Å². The molecule has 5 aromatic heterocycles. The number of aryl methyl sites for hydroxylation is 2. The van der Waals surface area contributed by atoms with Crippen molar-refractivity contribution in [2.45, 2.75) is 153 Å². The van der Waals surface area contributed by atoms with E-state index in [2.05, 4.69) is 142 Å². The Morgan fingerprint density at radius 3 is 1.57 bits per heavy atom. The number of Topliss-reactive ketones (excluding diaryl/α,β-unsaturated/α-hetero) is 2. The first kappa shape index (κ1) is 66.6. The third-order valence-electron chi connectivity index (χ3n) is 22.9. The number of hydroxylamine groups is 1. The van der Waals surface area contributed by atoms with Gasteiger partial charge in [0.05, 0.1) is 65.5 Å². The van der Waals surface area contributed by atoms with E-state index in [1.807, 2.05) is 78.2 Å². The van der Waals surface area contributed by atoms with Gasteiger partial charge in [0.1, 0.15) is 5.76 Å². The van der Waals surface area contributed by atoms with Gasteiger partial charge >= 0.3 is 0 Å². The monoisotopic (exact) mass is 1310 g/mol. The highest BCUT2D eigenvalue weighted by Crippen LogP contribution is 2.55. The van der Waals surface area contributed by atoms with E-state index in [0.29, 0.717) is 61.1 Å².